The number of carbonyl (C=O) groups excluding carboxylic acids is 2. The number of ketones is 1. The Morgan fingerprint density at radius 1 is 1.21 bits per heavy atom. The second-order valence-electron chi connectivity index (χ2n) is 6.17. The number of nitrogens with one attached hydrogen (secondary N) is 1. The molecule has 132 valence electrons. The van der Waals surface area contributed by atoms with E-state index in [4.69, 9.17) is 9.47 Å². The summed E-state index contributed by atoms with van der Waals surface area (Å²) >= 11 is 0. The van der Waals surface area contributed by atoms with Crippen LogP contribution in [0.2, 0.25) is 0 Å². The summed E-state index contributed by atoms with van der Waals surface area (Å²) in [7, 11) is 0. The predicted molar refractivity (Wildman–Crippen MR) is 92.2 cm³/mol. The average Bonchev–Trinajstić information content (AvgIpc) is 2.60. The van der Waals surface area contributed by atoms with E-state index in [0.717, 1.165) is 44.3 Å². The van der Waals surface area contributed by atoms with Crippen LogP contribution in [-0.4, -0.2) is 31.6 Å². The molecule has 0 aromatic heterocycles. The van der Waals surface area contributed by atoms with Crippen molar-refractivity contribution in [3.05, 3.63) is 29.8 Å². The smallest absolute Gasteiger partial charge is 0.407 e. The van der Waals surface area contributed by atoms with Gasteiger partial charge in [0.2, 0.25) is 0 Å². The third kappa shape index (κ3) is 6.22. The van der Waals surface area contributed by atoms with Gasteiger partial charge in [-0.05, 0) is 43.4 Å². The lowest BCUT2D eigenvalue weighted by atomic mass is 9.84. The van der Waals surface area contributed by atoms with Gasteiger partial charge >= 0.3 is 6.09 Å². The number of hydrogen-bond donors (Lipinski definition) is 1. The highest BCUT2D eigenvalue weighted by atomic mass is 16.5. The van der Waals surface area contributed by atoms with Gasteiger partial charge in [0.05, 0.1) is 13.2 Å². The van der Waals surface area contributed by atoms with Crippen LogP contribution in [0.5, 0.6) is 5.75 Å². The van der Waals surface area contributed by atoms with Gasteiger partial charge in [0.15, 0.2) is 0 Å². The van der Waals surface area contributed by atoms with Crippen molar-refractivity contribution in [1.82, 2.24) is 5.32 Å². The third-order valence-electron chi connectivity index (χ3n) is 4.16. The van der Waals surface area contributed by atoms with Gasteiger partial charge in [-0.25, -0.2) is 4.79 Å². The maximum absolute atomic E-state index is 11.9. The number of carbonyl (C=O) groups is 2. The molecule has 1 atom stereocenters. The zero-order valence-electron chi connectivity index (χ0n) is 14.4. The molecule has 24 heavy (non-hydrogen) atoms. The highest BCUT2D eigenvalue weighted by Gasteiger charge is 2.22. The van der Waals surface area contributed by atoms with Crippen LogP contribution < -0.4 is 10.1 Å². The van der Waals surface area contributed by atoms with Crippen LogP contribution >= 0.6 is 0 Å². The summed E-state index contributed by atoms with van der Waals surface area (Å²) < 4.78 is 10.5. The SMILES string of the molecule is CCCOC(=O)NCCOc1ccc(CC2CCCCC2=O)cc1. The van der Waals surface area contributed by atoms with E-state index in [0.29, 0.717) is 25.5 Å². The fourth-order valence-electron chi connectivity index (χ4n) is 2.85. The molecule has 0 radical (unpaired) electrons. The van der Waals surface area contributed by atoms with E-state index in [-0.39, 0.29) is 5.92 Å². The second-order valence-corrected chi connectivity index (χ2v) is 6.17. The van der Waals surface area contributed by atoms with Crippen molar-refractivity contribution in [3.63, 3.8) is 0 Å². The summed E-state index contributed by atoms with van der Waals surface area (Å²) in [6, 6.07) is 7.86. The first-order valence-corrected chi connectivity index (χ1v) is 8.84. The quantitative estimate of drug-likeness (QED) is 0.740. The average molecular weight is 333 g/mol. The Balaban J connectivity index is 1.68. The molecule has 1 aliphatic carbocycles. The van der Waals surface area contributed by atoms with Crippen molar-refractivity contribution < 1.29 is 19.1 Å². The first-order valence-electron chi connectivity index (χ1n) is 8.84. The van der Waals surface area contributed by atoms with E-state index in [1.165, 1.54) is 5.56 Å². The molecule has 2 rings (SSSR count). The normalized spacial score (nSPS) is 17.4. The molecule has 0 bridgehead atoms. The summed E-state index contributed by atoms with van der Waals surface area (Å²) in [5.74, 6) is 1.35. The monoisotopic (exact) mass is 333 g/mol. The summed E-state index contributed by atoms with van der Waals surface area (Å²) in [4.78, 5) is 23.1. The molecular weight excluding hydrogens is 306 g/mol. The van der Waals surface area contributed by atoms with Gasteiger partial charge in [-0.15, -0.1) is 0 Å². The fraction of sp³-hybridized carbons (Fsp3) is 0.579. The van der Waals surface area contributed by atoms with E-state index in [1.54, 1.807) is 0 Å². The first kappa shape index (κ1) is 18.3. The maximum Gasteiger partial charge on any atom is 0.407 e. The predicted octanol–water partition coefficient (Wildman–Crippen LogP) is 3.50. The van der Waals surface area contributed by atoms with E-state index in [1.807, 2.05) is 31.2 Å². The molecule has 0 spiro atoms. The molecule has 1 aliphatic rings. The second kappa shape index (κ2) is 9.96. The summed E-state index contributed by atoms with van der Waals surface area (Å²) in [6.07, 6.45) is 5.17. The lowest BCUT2D eigenvalue weighted by Crippen LogP contribution is -2.28. The molecule has 1 N–H and O–H groups in total. The van der Waals surface area contributed by atoms with E-state index in [9.17, 15) is 9.59 Å². The molecule has 1 aromatic carbocycles. The van der Waals surface area contributed by atoms with Crippen molar-refractivity contribution >= 4 is 11.9 Å². The summed E-state index contributed by atoms with van der Waals surface area (Å²) in [5, 5.41) is 2.63. The first-order chi connectivity index (χ1) is 11.7. The molecule has 0 heterocycles. The minimum atomic E-state index is -0.409. The Kier molecular flexibility index (Phi) is 7.59. The molecule has 1 aromatic rings. The van der Waals surface area contributed by atoms with Gasteiger partial charge < -0.3 is 14.8 Å². The van der Waals surface area contributed by atoms with Gasteiger partial charge in [0.1, 0.15) is 18.1 Å². The number of ether oxygens (including phenoxy) is 2. The number of rotatable bonds is 8. The Morgan fingerprint density at radius 3 is 2.71 bits per heavy atom. The molecule has 0 saturated heterocycles. The molecule has 5 nitrogen and oxygen atoms in total. The van der Waals surface area contributed by atoms with Crippen LogP contribution in [0.15, 0.2) is 24.3 Å². The van der Waals surface area contributed by atoms with Crippen LogP contribution in [0.25, 0.3) is 0 Å². The highest BCUT2D eigenvalue weighted by Crippen LogP contribution is 2.25. The van der Waals surface area contributed by atoms with E-state index in [2.05, 4.69) is 5.32 Å². The number of Topliss-reactive ketones (excluding diaryl/α,β-unsaturated/α-hetero) is 1. The number of benzene rings is 1. The van der Waals surface area contributed by atoms with Gasteiger partial charge in [0, 0.05) is 12.3 Å². The maximum atomic E-state index is 11.9. The molecule has 1 amide bonds. The Morgan fingerprint density at radius 2 is 2.00 bits per heavy atom. The van der Waals surface area contributed by atoms with Crippen LogP contribution in [0.3, 0.4) is 0 Å². The number of amides is 1. The van der Waals surface area contributed by atoms with E-state index < -0.39 is 6.09 Å². The zero-order valence-corrected chi connectivity index (χ0v) is 14.4. The van der Waals surface area contributed by atoms with Crippen LogP contribution in [-0.2, 0) is 16.0 Å². The topological polar surface area (TPSA) is 64.6 Å². The van der Waals surface area contributed by atoms with Crippen LogP contribution in [0, 0.1) is 5.92 Å². The van der Waals surface area contributed by atoms with Crippen LogP contribution in [0.4, 0.5) is 4.79 Å². The largest absolute Gasteiger partial charge is 0.492 e. The molecular formula is C19H27NO4. The van der Waals surface area contributed by atoms with Gasteiger partial charge in [-0.2, -0.15) is 0 Å². The van der Waals surface area contributed by atoms with Crippen molar-refractivity contribution in [2.45, 2.75) is 45.4 Å². The minimum Gasteiger partial charge on any atom is -0.492 e. The molecule has 0 aliphatic heterocycles. The molecule has 5 heteroatoms. The van der Waals surface area contributed by atoms with Crippen molar-refractivity contribution in [2.75, 3.05) is 19.8 Å². The lowest BCUT2D eigenvalue weighted by Gasteiger charge is -2.20. The fourth-order valence-corrected chi connectivity index (χ4v) is 2.85. The van der Waals surface area contributed by atoms with Crippen molar-refractivity contribution in [3.8, 4) is 5.75 Å². The zero-order chi connectivity index (χ0) is 17.2. The lowest BCUT2D eigenvalue weighted by molar-refractivity contribution is -0.124. The van der Waals surface area contributed by atoms with E-state index >= 15 is 0 Å². The Hall–Kier alpha value is -2.04. The third-order valence-corrected chi connectivity index (χ3v) is 4.16. The highest BCUT2D eigenvalue weighted by molar-refractivity contribution is 5.81. The Labute approximate surface area is 143 Å². The van der Waals surface area contributed by atoms with Crippen molar-refractivity contribution in [1.29, 1.82) is 0 Å². The number of alkyl carbamates (subject to hydrolysis) is 1. The van der Waals surface area contributed by atoms with Gasteiger partial charge in [0.25, 0.3) is 0 Å². The molecule has 1 unspecified atom stereocenters. The Bertz CT molecular complexity index is 527. The minimum absolute atomic E-state index is 0.184. The van der Waals surface area contributed by atoms with Crippen LogP contribution in [0.1, 0.15) is 44.6 Å². The van der Waals surface area contributed by atoms with Crippen molar-refractivity contribution in [2.24, 2.45) is 5.92 Å². The number of hydrogen-bond acceptors (Lipinski definition) is 4. The summed E-state index contributed by atoms with van der Waals surface area (Å²) in [5.41, 5.74) is 1.17. The van der Waals surface area contributed by atoms with Gasteiger partial charge in [-0.3, -0.25) is 4.79 Å². The standard InChI is InChI=1S/C19H27NO4/c1-2-12-24-19(22)20-11-13-23-17-9-7-15(8-10-17)14-16-5-3-4-6-18(16)21/h7-10,16H,2-6,11-14H2,1H3,(H,20,22). The molecule has 1 fully saturated rings. The molecule has 1 saturated carbocycles. The van der Waals surface area contributed by atoms with Gasteiger partial charge in [-0.1, -0.05) is 25.5 Å². The summed E-state index contributed by atoms with van der Waals surface area (Å²) in [6.45, 7) is 3.17.